The molecule has 1 N–H and O–H groups in total. The monoisotopic (exact) mass is 456 g/mol. The van der Waals surface area contributed by atoms with Crippen LogP contribution < -0.4 is 4.74 Å². The summed E-state index contributed by atoms with van der Waals surface area (Å²) < 4.78 is 6.33. The van der Waals surface area contributed by atoms with Crippen LogP contribution in [0.15, 0.2) is 50.3 Å². The number of carboxylic acids is 1. The van der Waals surface area contributed by atoms with Gasteiger partial charge in [-0.15, -0.1) is 0 Å². The Morgan fingerprint density at radius 1 is 1.25 bits per heavy atom. The maximum absolute atomic E-state index is 10.6. The number of aliphatic carboxylic acids is 1. The molecule has 0 radical (unpaired) electrons. The van der Waals surface area contributed by atoms with E-state index in [1.165, 1.54) is 12.1 Å². The molecule has 9 heteroatoms. The van der Waals surface area contributed by atoms with Gasteiger partial charge in [0.1, 0.15) is 5.75 Å². The minimum absolute atomic E-state index is 0.000582. The van der Waals surface area contributed by atoms with Gasteiger partial charge in [0.15, 0.2) is 6.61 Å². The number of carbonyl (C=O) groups is 1. The van der Waals surface area contributed by atoms with Crippen molar-refractivity contribution >= 4 is 55.4 Å². The van der Waals surface area contributed by atoms with E-state index in [2.05, 4.69) is 36.9 Å². The van der Waals surface area contributed by atoms with E-state index in [4.69, 9.17) is 9.84 Å². The van der Waals surface area contributed by atoms with E-state index >= 15 is 0 Å². The van der Waals surface area contributed by atoms with Crippen LogP contribution in [0.2, 0.25) is 0 Å². The standard InChI is InChI=1S/C15H10Br2N2O5/c16-12-5-9(6-13(17)15(12)24-8-14(20)21)7-18-10-1-3-11(4-2-10)19(22)23/h1-7H,8H2,(H,20,21). The lowest BCUT2D eigenvalue weighted by atomic mass is 10.2. The quantitative estimate of drug-likeness (QED) is 0.395. The Kier molecular flexibility index (Phi) is 6.04. The number of ether oxygens (including phenoxy) is 1. The molecule has 0 bridgehead atoms. The Labute approximate surface area is 153 Å². The normalized spacial score (nSPS) is 10.8. The number of benzene rings is 2. The summed E-state index contributed by atoms with van der Waals surface area (Å²) >= 11 is 6.63. The van der Waals surface area contributed by atoms with Crippen LogP contribution in [0.4, 0.5) is 11.4 Å². The summed E-state index contributed by atoms with van der Waals surface area (Å²) in [6.07, 6.45) is 1.58. The molecule has 124 valence electrons. The van der Waals surface area contributed by atoms with Crippen LogP contribution in [0.1, 0.15) is 5.56 Å². The molecule has 0 saturated heterocycles. The van der Waals surface area contributed by atoms with Crippen molar-refractivity contribution < 1.29 is 19.6 Å². The third kappa shape index (κ3) is 4.87. The second-order valence-electron chi connectivity index (χ2n) is 4.53. The van der Waals surface area contributed by atoms with Crippen molar-refractivity contribution in [3.05, 3.63) is 61.0 Å². The van der Waals surface area contributed by atoms with E-state index in [0.29, 0.717) is 20.4 Å². The fraction of sp³-hybridized carbons (Fsp3) is 0.0667. The summed E-state index contributed by atoms with van der Waals surface area (Å²) in [6, 6.07) is 9.28. The van der Waals surface area contributed by atoms with Gasteiger partial charge >= 0.3 is 5.97 Å². The summed E-state index contributed by atoms with van der Waals surface area (Å²) in [7, 11) is 0. The van der Waals surface area contributed by atoms with Gasteiger partial charge in [0.2, 0.25) is 0 Å². The van der Waals surface area contributed by atoms with Crippen LogP contribution in [0.25, 0.3) is 0 Å². The molecule has 24 heavy (non-hydrogen) atoms. The average Bonchev–Trinajstić information content (AvgIpc) is 2.52. The Morgan fingerprint density at radius 2 is 1.83 bits per heavy atom. The number of non-ortho nitro benzene ring substituents is 1. The number of nitrogens with zero attached hydrogens (tertiary/aromatic N) is 2. The average molecular weight is 458 g/mol. The largest absolute Gasteiger partial charge is 0.480 e. The molecule has 0 unspecified atom stereocenters. The highest BCUT2D eigenvalue weighted by Crippen LogP contribution is 2.34. The van der Waals surface area contributed by atoms with E-state index in [-0.39, 0.29) is 5.69 Å². The van der Waals surface area contributed by atoms with Gasteiger partial charge in [-0.3, -0.25) is 15.1 Å². The molecule has 0 saturated carbocycles. The summed E-state index contributed by atoms with van der Waals surface area (Å²) in [6.45, 7) is -0.451. The van der Waals surface area contributed by atoms with Gasteiger partial charge < -0.3 is 9.84 Å². The van der Waals surface area contributed by atoms with E-state index in [1.807, 2.05) is 0 Å². The second-order valence-corrected chi connectivity index (χ2v) is 6.24. The van der Waals surface area contributed by atoms with Crippen molar-refractivity contribution in [2.24, 2.45) is 4.99 Å². The number of carboxylic acid groups (broad SMARTS) is 1. The predicted octanol–water partition coefficient (Wildman–Crippen LogP) is 4.33. The molecule has 0 aliphatic rings. The maximum Gasteiger partial charge on any atom is 0.341 e. The van der Waals surface area contributed by atoms with Crippen LogP contribution in [0.5, 0.6) is 5.75 Å². The first-order valence-corrected chi connectivity index (χ1v) is 8.07. The van der Waals surface area contributed by atoms with Crippen molar-refractivity contribution in [3.8, 4) is 5.75 Å². The summed E-state index contributed by atoms with van der Waals surface area (Å²) in [4.78, 5) is 24.9. The third-order valence-corrected chi connectivity index (χ3v) is 3.96. The van der Waals surface area contributed by atoms with E-state index in [9.17, 15) is 14.9 Å². The molecule has 2 aromatic rings. The number of hydrogen-bond donors (Lipinski definition) is 1. The van der Waals surface area contributed by atoms with Crippen LogP contribution >= 0.6 is 31.9 Å². The topological polar surface area (TPSA) is 102 Å². The molecular weight excluding hydrogens is 448 g/mol. The molecule has 0 aliphatic carbocycles. The number of halogens is 2. The Morgan fingerprint density at radius 3 is 2.33 bits per heavy atom. The zero-order valence-electron chi connectivity index (χ0n) is 12.0. The zero-order chi connectivity index (χ0) is 17.7. The van der Waals surface area contributed by atoms with Gasteiger partial charge in [-0.2, -0.15) is 0 Å². The van der Waals surface area contributed by atoms with Crippen LogP contribution in [-0.2, 0) is 4.79 Å². The van der Waals surface area contributed by atoms with Gasteiger partial charge in [-0.05, 0) is 61.7 Å². The highest BCUT2D eigenvalue weighted by Gasteiger charge is 2.10. The fourth-order valence-electron chi connectivity index (χ4n) is 1.74. The van der Waals surface area contributed by atoms with Crippen LogP contribution in [0, 0.1) is 10.1 Å². The Hall–Kier alpha value is -2.26. The zero-order valence-corrected chi connectivity index (χ0v) is 15.2. The first-order valence-electron chi connectivity index (χ1n) is 6.49. The summed E-state index contributed by atoms with van der Waals surface area (Å²) in [5.41, 5.74) is 1.30. The molecule has 0 fully saturated rings. The molecule has 0 heterocycles. The van der Waals surface area contributed by atoms with E-state index < -0.39 is 17.5 Å². The highest BCUT2D eigenvalue weighted by molar-refractivity contribution is 9.11. The fourth-order valence-corrected chi connectivity index (χ4v) is 3.19. The lowest BCUT2D eigenvalue weighted by Gasteiger charge is -2.09. The molecule has 0 aromatic heterocycles. The predicted molar refractivity (Wildman–Crippen MR) is 95.3 cm³/mol. The molecular formula is C15H10Br2N2O5. The van der Waals surface area contributed by atoms with E-state index in [0.717, 1.165) is 5.56 Å². The number of aliphatic imine (C=N–C) groups is 1. The molecule has 0 amide bonds. The molecule has 2 rings (SSSR count). The van der Waals surface area contributed by atoms with Crippen molar-refractivity contribution in [1.82, 2.24) is 0 Å². The SMILES string of the molecule is O=C(O)COc1c(Br)cc(C=Nc2ccc([N+](=O)[O-])cc2)cc1Br. The molecule has 0 atom stereocenters. The van der Waals surface area contributed by atoms with Gasteiger partial charge in [0, 0.05) is 18.3 Å². The van der Waals surface area contributed by atoms with Gasteiger partial charge in [-0.1, -0.05) is 0 Å². The smallest absolute Gasteiger partial charge is 0.341 e. The van der Waals surface area contributed by atoms with Crippen molar-refractivity contribution in [2.45, 2.75) is 0 Å². The lowest BCUT2D eigenvalue weighted by Crippen LogP contribution is -2.10. The summed E-state index contributed by atoms with van der Waals surface area (Å²) in [5.74, 6) is -0.692. The Bertz CT molecular complexity index is 783. The van der Waals surface area contributed by atoms with Crippen molar-refractivity contribution in [1.29, 1.82) is 0 Å². The van der Waals surface area contributed by atoms with Gasteiger partial charge in [0.05, 0.1) is 19.6 Å². The van der Waals surface area contributed by atoms with Crippen molar-refractivity contribution in [3.63, 3.8) is 0 Å². The van der Waals surface area contributed by atoms with Gasteiger partial charge in [-0.25, -0.2) is 4.79 Å². The van der Waals surface area contributed by atoms with Crippen molar-refractivity contribution in [2.75, 3.05) is 6.61 Å². The molecule has 2 aromatic carbocycles. The minimum atomic E-state index is -1.07. The minimum Gasteiger partial charge on any atom is -0.480 e. The maximum atomic E-state index is 10.6. The number of nitro benzene ring substituents is 1. The number of hydrogen-bond acceptors (Lipinski definition) is 5. The first-order chi connectivity index (χ1) is 11.4. The second kappa shape index (κ2) is 8.02. The summed E-state index contributed by atoms with van der Waals surface area (Å²) in [5, 5.41) is 19.3. The van der Waals surface area contributed by atoms with Crippen LogP contribution in [-0.4, -0.2) is 28.8 Å². The molecule has 0 spiro atoms. The Balaban J connectivity index is 2.17. The number of rotatable bonds is 6. The number of nitro groups is 1. The van der Waals surface area contributed by atoms with Gasteiger partial charge in [0.25, 0.3) is 5.69 Å². The highest BCUT2D eigenvalue weighted by atomic mass is 79.9. The first kappa shape index (κ1) is 18.1. The lowest BCUT2D eigenvalue weighted by molar-refractivity contribution is -0.384. The molecule has 0 aliphatic heterocycles. The molecule has 7 nitrogen and oxygen atoms in total. The third-order valence-electron chi connectivity index (χ3n) is 2.78. The van der Waals surface area contributed by atoms with E-state index in [1.54, 1.807) is 30.5 Å². The van der Waals surface area contributed by atoms with Crippen LogP contribution in [0.3, 0.4) is 0 Å².